The number of hydrogen-bond donors (Lipinski definition) is 0. The van der Waals surface area contributed by atoms with E-state index >= 15 is 0 Å². The first-order chi connectivity index (χ1) is 13.8. The SMILES string of the molecule is C=CCCC(=O)N(Cc1cccc2ccccc12)c1cccc2cccnc12. The number of pyridine rings is 1. The van der Waals surface area contributed by atoms with Crippen LogP contribution < -0.4 is 4.90 Å². The molecule has 1 heterocycles. The molecule has 0 radical (unpaired) electrons. The maximum Gasteiger partial charge on any atom is 0.227 e. The highest BCUT2D eigenvalue weighted by Gasteiger charge is 2.19. The first-order valence-electron chi connectivity index (χ1n) is 9.49. The number of nitrogens with zero attached hydrogens (tertiary/aromatic N) is 2. The van der Waals surface area contributed by atoms with Crippen molar-refractivity contribution in [3.63, 3.8) is 0 Å². The lowest BCUT2D eigenvalue weighted by Crippen LogP contribution is -2.30. The van der Waals surface area contributed by atoms with Crippen LogP contribution in [0.3, 0.4) is 0 Å². The maximum atomic E-state index is 13.1. The smallest absolute Gasteiger partial charge is 0.227 e. The highest BCUT2D eigenvalue weighted by atomic mass is 16.2. The molecule has 0 N–H and O–H groups in total. The van der Waals surface area contributed by atoms with Gasteiger partial charge in [0, 0.05) is 18.0 Å². The van der Waals surface area contributed by atoms with Crippen LogP contribution in [0.15, 0.2) is 91.6 Å². The van der Waals surface area contributed by atoms with E-state index in [-0.39, 0.29) is 5.91 Å². The highest BCUT2D eigenvalue weighted by Crippen LogP contribution is 2.29. The van der Waals surface area contributed by atoms with Gasteiger partial charge in [-0.2, -0.15) is 0 Å². The van der Waals surface area contributed by atoms with Gasteiger partial charge in [0.15, 0.2) is 0 Å². The predicted octanol–water partition coefficient (Wildman–Crippen LogP) is 5.89. The summed E-state index contributed by atoms with van der Waals surface area (Å²) in [5, 5.41) is 3.37. The van der Waals surface area contributed by atoms with E-state index in [1.807, 2.05) is 53.4 Å². The van der Waals surface area contributed by atoms with Crippen LogP contribution in [0.2, 0.25) is 0 Å². The molecule has 0 unspecified atom stereocenters. The van der Waals surface area contributed by atoms with Crippen LogP contribution in [0.1, 0.15) is 18.4 Å². The number of benzene rings is 3. The van der Waals surface area contributed by atoms with E-state index in [2.05, 4.69) is 35.8 Å². The van der Waals surface area contributed by atoms with E-state index in [1.54, 1.807) is 12.3 Å². The highest BCUT2D eigenvalue weighted by molar-refractivity contribution is 6.02. The largest absolute Gasteiger partial charge is 0.306 e. The minimum atomic E-state index is 0.0750. The maximum absolute atomic E-state index is 13.1. The van der Waals surface area contributed by atoms with E-state index in [0.717, 1.165) is 22.2 Å². The van der Waals surface area contributed by atoms with E-state index in [0.29, 0.717) is 19.4 Å². The van der Waals surface area contributed by atoms with Crippen LogP contribution in [0.4, 0.5) is 5.69 Å². The molecule has 0 saturated heterocycles. The molecule has 0 aliphatic heterocycles. The van der Waals surface area contributed by atoms with Crippen molar-refractivity contribution in [1.29, 1.82) is 0 Å². The summed E-state index contributed by atoms with van der Waals surface area (Å²) < 4.78 is 0. The second-order valence-corrected chi connectivity index (χ2v) is 6.80. The molecule has 0 aliphatic carbocycles. The van der Waals surface area contributed by atoms with Crippen molar-refractivity contribution in [1.82, 2.24) is 4.98 Å². The van der Waals surface area contributed by atoms with Crippen molar-refractivity contribution < 1.29 is 4.79 Å². The summed E-state index contributed by atoms with van der Waals surface area (Å²) in [5.41, 5.74) is 2.82. The molecule has 4 aromatic rings. The number of para-hydroxylation sites is 1. The Kier molecular flexibility index (Phi) is 5.16. The van der Waals surface area contributed by atoms with Gasteiger partial charge in [-0.15, -0.1) is 6.58 Å². The lowest BCUT2D eigenvalue weighted by molar-refractivity contribution is -0.118. The van der Waals surface area contributed by atoms with Crippen LogP contribution >= 0.6 is 0 Å². The minimum absolute atomic E-state index is 0.0750. The molecule has 0 bridgehead atoms. The van der Waals surface area contributed by atoms with Gasteiger partial charge in [0.25, 0.3) is 0 Å². The molecular formula is C25H22N2O. The molecule has 0 atom stereocenters. The first-order valence-corrected chi connectivity index (χ1v) is 9.49. The molecule has 0 fully saturated rings. The van der Waals surface area contributed by atoms with Gasteiger partial charge in [0.2, 0.25) is 5.91 Å². The predicted molar refractivity (Wildman–Crippen MR) is 116 cm³/mol. The number of carbonyl (C=O) groups excluding carboxylic acids is 1. The summed E-state index contributed by atoms with van der Waals surface area (Å²) >= 11 is 0. The Morgan fingerprint density at radius 3 is 2.57 bits per heavy atom. The van der Waals surface area contributed by atoms with Crippen molar-refractivity contribution in [3.05, 3.63) is 97.2 Å². The van der Waals surface area contributed by atoms with Crippen molar-refractivity contribution in [2.24, 2.45) is 0 Å². The van der Waals surface area contributed by atoms with Crippen LogP contribution in [-0.4, -0.2) is 10.9 Å². The fraction of sp³-hybridized carbons (Fsp3) is 0.120. The number of aromatic nitrogens is 1. The summed E-state index contributed by atoms with van der Waals surface area (Å²) in [5.74, 6) is 0.0750. The quantitative estimate of drug-likeness (QED) is 0.399. The van der Waals surface area contributed by atoms with E-state index < -0.39 is 0 Å². The molecule has 3 aromatic carbocycles. The molecule has 0 aliphatic rings. The molecule has 0 saturated carbocycles. The third-order valence-electron chi connectivity index (χ3n) is 4.97. The lowest BCUT2D eigenvalue weighted by Gasteiger charge is -2.25. The number of fused-ring (bicyclic) bond motifs is 2. The number of carbonyl (C=O) groups is 1. The van der Waals surface area contributed by atoms with Crippen LogP contribution in [0.5, 0.6) is 0 Å². The number of rotatable bonds is 6. The van der Waals surface area contributed by atoms with Crippen LogP contribution in [0.25, 0.3) is 21.7 Å². The first kappa shape index (κ1) is 17.9. The minimum Gasteiger partial charge on any atom is -0.306 e. The second-order valence-electron chi connectivity index (χ2n) is 6.80. The average Bonchev–Trinajstić information content (AvgIpc) is 2.75. The van der Waals surface area contributed by atoms with Gasteiger partial charge in [-0.1, -0.05) is 66.7 Å². The Hall–Kier alpha value is -3.46. The van der Waals surface area contributed by atoms with Gasteiger partial charge in [0.1, 0.15) is 0 Å². The zero-order valence-electron chi connectivity index (χ0n) is 15.7. The Balaban J connectivity index is 1.81. The van der Waals surface area contributed by atoms with Crippen LogP contribution in [-0.2, 0) is 11.3 Å². The Morgan fingerprint density at radius 2 is 1.68 bits per heavy atom. The van der Waals surface area contributed by atoms with E-state index in [4.69, 9.17) is 0 Å². The standard InChI is InChI=1S/C25H22N2O/c1-2-3-16-24(28)27(23-15-7-11-20-13-8-17-26-25(20)23)18-21-12-6-10-19-9-4-5-14-22(19)21/h2,4-15,17H,1,3,16,18H2. The van der Waals surface area contributed by atoms with Gasteiger partial charge >= 0.3 is 0 Å². The molecule has 28 heavy (non-hydrogen) atoms. The van der Waals surface area contributed by atoms with Gasteiger partial charge in [0.05, 0.1) is 17.7 Å². The van der Waals surface area contributed by atoms with Crippen molar-refractivity contribution in [2.75, 3.05) is 4.90 Å². The number of anilines is 1. The normalized spacial score (nSPS) is 10.9. The summed E-state index contributed by atoms with van der Waals surface area (Å²) in [6.45, 7) is 4.26. The Morgan fingerprint density at radius 1 is 0.929 bits per heavy atom. The summed E-state index contributed by atoms with van der Waals surface area (Å²) in [4.78, 5) is 19.6. The van der Waals surface area contributed by atoms with E-state index in [9.17, 15) is 4.79 Å². The van der Waals surface area contributed by atoms with Gasteiger partial charge in [-0.05, 0) is 34.9 Å². The summed E-state index contributed by atoms with van der Waals surface area (Å²) in [6, 6.07) is 24.4. The molecule has 3 nitrogen and oxygen atoms in total. The van der Waals surface area contributed by atoms with Crippen LogP contribution in [0, 0.1) is 0 Å². The second kappa shape index (κ2) is 8.05. The monoisotopic (exact) mass is 366 g/mol. The molecular weight excluding hydrogens is 344 g/mol. The van der Waals surface area contributed by atoms with Gasteiger partial charge in [-0.25, -0.2) is 0 Å². The van der Waals surface area contributed by atoms with Crippen molar-refractivity contribution in [3.8, 4) is 0 Å². The molecule has 4 rings (SSSR count). The average molecular weight is 366 g/mol. The van der Waals surface area contributed by atoms with Crippen molar-refractivity contribution in [2.45, 2.75) is 19.4 Å². The number of hydrogen-bond acceptors (Lipinski definition) is 2. The van der Waals surface area contributed by atoms with Gasteiger partial charge in [-0.3, -0.25) is 9.78 Å². The summed E-state index contributed by atoms with van der Waals surface area (Å²) in [7, 11) is 0. The third-order valence-corrected chi connectivity index (χ3v) is 4.97. The fourth-order valence-electron chi connectivity index (χ4n) is 3.57. The molecule has 1 amide bonds. The Bertz CT molecular complexity index is 1140. The number of allylic oxidation sites excluding steroid dienone is 1. The molecule has 3 heteroatoms. The molecule has 1 aromatic heterocycles. The summed E-state index contributed by atoms with van der Waals surface area (Å²) in [6.07, 6.45) is 4.64. The third kappa shape index (κ3) is 3.52. The lowest BCUT2D eigenvalue weighted by atomic mass is 10.0. The zero-order chi connectivity index (χ0) is 19.3. The molecule has 0 spiro atoms. The topological polar surface area (TPSA) is 33.2 Å². The van der Waals surface area contributed by atoms with Crippen molar-refractivity contribution >= 4 is 33.3 Å². The fourth-order valence-corrected chi connectivity index (χ4v) is 3.57. The van der Waals surface area contributed by atoms with Gasteiger partial charge < -0.3 is 4.90 Å². The Labute approximate surface area is 164 Å². The van der Waals surface area contributed by atoms with E-state index in [1.165, 1.54) is 10.8 Å². The number of amides is 1. The zero-order valence-corrected chi connectivity index (χ0v) is 15.7. The molecule has 138 valence electrons.